The Morgan fingerprint density at radius 3 is 2.84 bits per heavy atom. The van der Waals surface area contributed by atoms with Crippen LogP contribution >= 0.6 is 35.3 Å². The quantitative estimate of drug-likeness (QED) is 0.756. The van der Waals surface area contributed by atoms with Gasteiger partial charge in [0.1, 0.15) is 15.0 Å². The van der Waals surface area contributed by atoms with E-state index < -0.39 is 0 Å². The molecule has 25 heavy (non-hydrogen) atoms. The first kappa shape index (κ1) is 18.9. The number of thioether (sulfide) groups is 1. The van der Waals surface area contributed by atoms with E-state index in [-0.39, 0.29) is 5.56 Å². The highest BCUT2D eigenvalue weighted by atomic mass is 32.2. The Bertz CT molecular complexity index is 821. The van der Waals surface area contributed by atoms with Crippen molar-refractivity contribution in [3.63, 3.8) is 0 Å². The number of nitrogens with zero attached hydrogens (tertiary/aromatic N) is 2. The summed E-state index contributed by atoms with van der Waals surface area (Å²) in [6, 6.07) is 0. The van der Waals surface area contributed by atoms with Crippen LogP contribution in [0, 0.1) is 12.8 Å². The normalized spacial score (nSPS) is 15.9. The summed E-state index contributed by atoms with van der Waals surface area (Å²) in [6.45, 7) is 8.63. The molecule has 2 aromatic heterocycles. The Morgan fingerprint density at radius 2 is 2.16 bits per heavy atom. The van der Waals surface area contributed by atoms with E-state index in [0.717, 1.165) is 46.3 Å². The van der Waals surface area contributed by atoms with E-state index in [9.17, 15) is 4.79 Å². The Morgan fingerprint density at radius 1 is 1.44 bits per heavy atom. The maximum atomic E-state index is 12.7. The number of rotatable bonds is 5. The van der Waals surface area contributed by atoms with Crippen LogP contribution in [0.1, 0.15) is 49.4 Å². The number of hydrogen-bond donors (Lipinski definition) is 1. The molecular formula is C18H25N3OS3. The highest BCUT2D eigenvalue weighted by molar-refractivity contribution is 8.22. The molecule has 0 spiro atoms. The zero-order chi connectivity index (χ0) is 18.0. The van der Waals surface area contributed by atoms with Crippen molar-refractivity contribution >= 4 is 49.9 Å². The fourth-order valence-electron chi connectivity index (χ4n) is 3.15. The SMILES string of the molecule is CC[C@@H](C)Cc1c(C)sc2nc(CSC(=S)N3CCCC3)[nH]c(=O)c12. The topological polar surface area (TPSA) is 49.0 Å². The van der Waals surface area contributed by atoms with Crippen molar-refractivity contribution < 1.29 is 0 Å². The van der Waals surface area contributed by atoms with Gasteiger partial charge in [0.05, 0.1) is 11.1 Å². The number of thiophene rings is 1. The summed E-state index contributed by atoms with van der Waals surface area (Å²) in [7, 11) is 0. The highest BCUT2D eigenvalue weighted by Crippen LogP contribution is 2.30. The van der Waals surface area contributed by atoms with E-state index in [2.05, 4.69) is 30.7 Å². The second-order valence-electron chi connectivity index (χ2n) is 6.80. The summed E-state index contributed by atoms with van der Waals surface area (Å²) in [4.78, 5) is 24.7. The molecule has 0 aliphatic carbocycles. The lowest BCUT2D eigenvalue weighted by Crippen LogP contribution is -2.23. The Kier molecular flexibility index (Phi) is 6.17. The smallest absolute Gasteiger partial charge is 0.259 e. The molecule has 7 heteroatoms. The molecule has 1 fully saturated rings. The molecule has 3 rings (SSSR count). The Labute approximate surface area is 162 Å². The van der Waals surface area contributed by atoms with Crippen LogP contribution in [0.15, 0.2) is 4.79 Å². The van der Waals surface area contributed by atoms with E-state index in [0.29, 0.717) is 11.7 Å². The molecule has 0 unspecified atom stereocenters. The predicted molar refractivity (Wildman–Crippen MR) is 113 cm³/mol. The third-order valence-electron chi connectivity index (χ3n) is 4.86. The van der Waals surface area contributed by atoms with Gasteiger partial charge in [-0.2, -0.15) is 0 Å². The van der Waals surface area contributed by atoms with Gasteiger partial charge < -0.3 is 9.88 Å². The van der Waals surface area contributed by atoms with Crippen molar-refractivity contribution in [2.24, 2.45) is 5.92 Å². The molecule has 1 atom stereocenters. The first-order valence-electron chi connectivity index (χ1n) is 8.92. The zero-order valence-corrected chi connectivity index (χ0v) is 17.5. The minimum Gasteiger partial charge on any atom is -0.358 e. The third-order valence-corrected chi connectivity index (χ3v) is 7.43. The van der Waals surface area contributed by atoms with Crippen LogP contribution in [0.5, 0.6) is 0 Å². The summed E-state index contributed by atoms with van der Waals surface area (Å²) in [6.07, 6.45) is 4.50. The lowest BCUT2D eigenvalue weighted by molar-refractivity contribution is 0.539. The monoisotopic (exact) mass is 395 g/mol. The summed E-state index contributed by atoms with van der Waals surface area (Å²) in [5.41, 5.74) is 1.17. The van der Waals surface area contributed by atoms with Crippen LogP contribution in [-0.4, -0.2) is 32.3 Å². The van der Waals surface area contributed by atoms with Crippen molar-refractivity contribution in [2.45, 2.75) is 52.2 Å². The molecule has 1 saturated heterocycles. The van der Waals surface area contributed by atoms with Gasteiger partial charge in [0.25, 0.3) is 5.56 Å². The van der Waals surface area contributed by atoms with Gasteiger partial charge in [-0.15, -0.1) is 11.3 Å². The zero-order valence-electron chi connectivity index (χ0n) is 15.1. The fourth-order valence-corrected chi connectivity index (χ4v) is 5.34. The third kappa shape index (κ3) is 4.26. The van der Waals surface area contributed by atoms with Gasteiger partial charge in [-0.3, -0.25) is 4.79 Å². The van der Waals surface area contributed by atoms with Crippen molar-refractivity contribution in [3.05, 3.63) is 26.6 Å². The van der Waals surface area contributed by atoms with Gasteiger partial charge in [-0.1, -0.05) is 44.2 Å². The largest absolute Gasteiger partial charge is 0.358 e. The maximum Gasteiger partial charge on any atom is 0.259 e. The Hall–Kier alpha value is -0.920. The number of likely N-dealkylation sites (tertiary alicyclic amines) is 1. The first-order chi connectivity index (χ1) is 12.0. The molecule has 3 heterocycles. The van der Waals surface area contributed by atoms with Gasteiger partial charge in [0.2, 0.25) is 0 Å². The van der Waals surface area contributed by atoms with E-state index in [1.165, 1.54) is 23.3 Å². The lowest BCUT2D eigenvalue weighted by Gasteiger charge is -2.17. The van der Waals surface area contributed by atoms with Crippen LogP contribution in [0.3, 0.4) is 0 Å². The molecule has 0 amide bonds. The van der Waals surface area contributed by atoms with Gasteiger partial charge >= 0.3 is 0 Å². The molecule has 1 N–H and O–H groups in total. The van der Waals surface area contributed by atoms with Crippen molar-refractivity contribution in [2.75, 3.05) is 13.1 Å². The summed E-state index contributed by atoms with van der Waals surface area (Å²) in [5, 5.41) is 0.790. The average molecular weight is 396 g/mol. The average Bonchev–Trinajstić information content (AvgIpc) is 3.21. The number of thiocarbonyl (C=S) groups is 1. The molecule has 4 nitrogen and oxygen atoms in total. The van der Waals surface area contributed by atoms with Gasteiger partial charge in [0, 0.05) is 18.0 Å². The van der Waals surface area contributed by atoms with Crippen LogP contribution in [0.4, 0.5) is 0 Å². The number of hydrogen-bond acceptors (Lipinski definition) is 5. The molecule has 0 radical (unpaired) electrons. The molecule has 1 aliphatic rings. The number of aromatic nitrogens is 2. The van der Waals surface area contributed by atoms with Crippen LogP contribution < -0.4 is 5.56 Å². The standard InChI is InChI=1S/C18H25N3OS3/c1-4-11(2)9-13-12(3)25-17-15(13)16(22)19-14(20-17)10-24-18(23)21-7-5-6-8-21/h11H,4-10H2,1-3H3,(H,19,20,22)/t11-/m1/s1. The Balaban J connectivity index is 1.80. The fraction of sp³-hybridized carbons (Fsp3) is 0.611. The van der Waals surface area contributed by atoms with Crippen molar-refractivity contribution in [1.29, 1.82) is 0 Å². The van der Waals surface area contributed by atoms with Crippen molar-refractivity contribution in [1.82, 2.24) is 14.9 Å². The maximum absolute atomic E-state index is 12.7. The number of H-pyrrole nitrogens is 1. The molecule has 0 bridgehead atoms. The number of nitrogens with one attached hydrogen (secondary N) is 1. The summed E-state index contributed by atoms with van der Waals surface area (Å²) >= 11 is 8.73. The number of aryl methyl sites for hydroxylation is 1. The minimum absolute atomic E-state index is 0.00431. The van der Waals surface area contributed by atoms with E-state index in [1.54, 1.807) is 23.1 Å². The predicted octanol–water partition coefficient (Wildman–Crippen LogP) is 4.50. The van der Waals surface area contributed by atoms with Crippen LogP contribution in [0.2, 0.25) is 0 Å². The number of fused-ring (bicyclic) bond motifs is 1. The molecule has 2 aromatic rings. The summed E-state index contributed by atoms with van der Waals surface area (Å²) < 4.78 is 0.917. The van der Waals surface area contributed by atoms with E-state index in [1.807, 2.05) is 0 Å². The van der Waals surface area contributed by atoms with Crippen molar-refractivity contribution in [3.8, 4) is 0 Å². The lowest BCUT2D eigenvalue weighted by atomic mass is 9.98. The van der Waals surface area contributed by atoms with Gasteiger partial charge in [-0.05, 0) is 37.7 Å². The van der Waals surface area contributed by atoms with Crippen LogP contribution in [0.25, 0.3) is 10.2 Å². The van der Waals surface area contributed by atoms with Crippen LogP contribution in [-0.2, 0) is 12.2 Å². The van der Waals surface area contributed by atoms with Gasteiger partial charge in [-0.25, -0.2) is 4.98 Å². The minimum atomic E-state index is -0.00431. The molecule has 0 aromatic carbocycles. The second-order valence-corrected chi connectivity index (χ2v) is 9.61. The molecule has 1 aliphatic heterocycles. The van der Waals surface area contributed by atoms with E-state index in [4.69, 9.17) is 17.2 Å². The first-order valence-corrected chi connectivity index (χ1v) is 11.1. The molecule has 0 saturated carbocycles. The molecular weight excluding hydrogens is 370 g/mol. The molecule has 136 valence electrons. The summed E-state index contributed by atoms with van der Waals surface area (Å²) in [5.74, 6) is 1.92. The second kappa shape index (κ2) is 8.18. The number of aromatic amines is 1. The van der Waals surface area contributed by atoms with Gasteiger partial charge in [0.15, 0.2) is 0 Å². The highest BCUT2D eigenvalue weighted by Gasteiger charge is 2.18. The van der Waals surface area contributed by atoms with E-state index >= 15 is 0 Å².